The average Bonchev–Trinajstić information content (AvgIpc) is 2.83. The molecule has 176 valence electrons. The van der Waals surface area contributed by atoms with E-state index in [1.807, 2.05) is 88.4 Å². The number of carbonyl (C=O) groups is 2. The van der Waals surface area contributed by atoms with Crippen molar-refractivity contribution in [2.75, 3.05) is 0 Å². The molecule has 0 radical (unpaired) electrons. The maximum absolute atomic E-state index is 12.7. The minimum Gasteiger partial charge on any atom is -0.488 e. The second kappa shape index (κ2) is 11.8. The van der Waals surface area contributed by atoms with E-state index in [2.05, 4.69) is 15.8 Å². The third-order valence-corrected chi connectivity index (χ3v) is 5.36. The molecular formula is C28H31N3O3. The van der Waals surface area contributed by atoms with Gasteiger partial charge in [-0.05, 0) is 49.6 Å². The highest BCUT2D eigenvalue weighted by Gasteiger charge is 2.24. The third kappa shape index (κ3) is 7.04. The van der Waals surface area contributed by atoms with E-state index in [0.29, 0.717) is 17.9 Å². The van der Waals surface area contributed by atoms with E-state index in [0.717, 1.165) is 16.7 Å². The molecule has 0 aliphatic carbocycles. The van der Waals surface area contributed by atoms with E-state index in [-0.39, 0.29) is 17.7 Å². The molecule has 1 atom stereocenters. The summed E-state index contributed by atoms with van der Waals surface area (Å²) >= 11 is 0. The lowest BCUT2D eigenvalue weighted by atomic mass is 10.0. The summed E-state index contributed by atoms with van der Waals surface area (Å²) in [6.07, 6.45) is 1.54. The highest BCUT2D eigenvalue weighted by Crippen LogP contribution is 2.18. The Morgan fingerprint density at radius 1 is 0.912 bits per heavy atom. The van der Waals surface area contributed by atoms with Crippen LogP contribution in [0.25, 0.3) is 0 Å². The van der Waals surface area contributed by atoms with Crippen molar-refractivity contribution in [2.24, 2.45) is 11.0 Å². The Morgan fingerprint density at radius 2 is 1.53 bits per heavy atom. The van der Waals surface area contributed by atoms with Gasteiger partial charge in [0.25, 0.3) is 11.8 Å². The highest BCUT2D eigenvalue weighted by atomic mass is 16.5. The van der Waals surface area contributed by atoms with Gasteiger partial charge >= 0.3 is 0 Å². The number of rotatable bonds is 9. The molecule has 3 aromatic rings. The van der Waals surface area contributed by atoms with Crippen molar-refractivity contribution < 1.29 is 14.3 Å². The lowest BCUT2D eigenvalue weighted by molar-refractivity contribution is -0.123. The van der Waals surface area contributed by atoms with Crippen molar-refractivity contribution in [3.8, 4) is 5.75 Å². The maximum atomic E-state index is 12.7. The first-order valence-corrected chi connectivity index (χ1v) is 11.3. The number of benzene rings is 3. The van der Waals surface area contributed by atoms with Gasteiger partial charge in [-0.25, -0.2) is 5.43 Å². The summed E-state index contributed by atoms with van der Waals surface area (Å²) in [5.41, 5.74) is 7.11. The van der Waals surface area contributed by atoms with Crippen LogP contribution in [0.2, 0.25) is 0 Å². The summed E-state index contributed by atoms with van der Waals surface area (Å²) in [6.45, 7) is 8.17. The molecule has 0 bridgehead atoms. The number of hydrogen-bond acceptors (Lipinski definition) is 4. The SMILES string of the molecule is Cc1ccc(COc2ccccc2/C=N\NC(=O)[C@H](NC(=O)c2ccc(C)cc2)C(C)C)cc1. The Balaban J connectivity index is 1.61. The van der Waals surface area contributed by atoms with Crippen LogP contribution in [0.5, 0.6) is 5.75 Å². The Bertz CT molecular complexity index is 1140. The van der Waals surface area contributed by atoms with Gasteiger partial charge in [-0.15, -0.1) is 0 Å². The van der Waals surface area contributed by atoms with Gasteiger partial charge < -0.3 is 10.1 Å². The second-order valence-corrected chi connectivity index (χ2v) is 8.61. The first kappa shape index (κ1) is 24.7. The van der Waals surface area contributed by atoms with Crippen molar-refractivity contribution in [1.82, 2.24) is 10.7 Å². The summed E-state index contributed by atoms with van der Waals surface area (Å²) in [5, 5.41) is 6.91. The molecule has 6 heteroatoms. The van der Waals surface area contributed by atoms with Crippen LogP contribution in [0.4, 0.5) is 0 Å². The van der Waals surface area contributed by atoms with Gasteiger partial charge in [0, 0.05) is 11.1 Å². The van der Waals surface area contributed by atoms with Crippen LogP contribution in [-0.4, -0.2) is 24.1 Å². The van der Waals surface area contributed by atoms with E-state index >= 15 is 0 Å². The molecule has 2 N–H and O–H groups in total. The summed E-state index contributed by atoms with van der Waals surface area (Å²) in [4.78, 5) is 25.3. The molecule has 0 aromatic heterocycles. The van der Waals surface area contributed by atoms with Crippen molar-refractivity contribution in [3.05, 3.63) is 101 Å². The highest BCUT2D eigenvalue weighted by molar-refractivity contribution is 5.97. The Labute approximate surface area is 201 Å². The molecule has 0 heterocycles. The van der Waals surface area contributed by atoms with E-state index < -0.39 is 6.04 Å². The minimum absolute atomic E-state index is 0.116. The number of hydrogen-bond donors (Lipinski definition) is 2. The van der Waals surface area contributed by atoms with Gasteiger partial charge in [0.2, 0.25) is 0 Å². The molecule has 2 amide bonds. The molecule has 0 unspecified atom stereocenters. The lowest BCUT2D eigenvalue weighted by Crippen LogP contribution is -2.48. The number of amides is 2. The molecule has 0 fully saturated rings. The Kier molecular flexibility index (Phi) is 8.57. The fraction of sp³-hybridized carbons (Fsp3) is 0.250. The minimum atomic E-state index is -0.723. The van der Waals surface area contributed by atoms with Crippen LogP contribution in [0.3, 0.4) is 0 Å². The zero-order valence-electron chi connectivity index (χ0n) is 20.0. The Hall–Kier alpha value is -3.93. The predicted molar refractivity (Wildman–Crippen MR) is 135 cm³/mol. The topological polar surface area (TPSA) is 79.8 Å². The van der Waals surface area contributed by atoms with E-state index in [1.54, 1.807) is 18.3 Å². The number of para-hydroxylation sites is 1. The number of nitrogens with one attached hydrogen (secondary N) is 2. The van der Waals surface area contributed by atoms with Gasteiger partial charge in [0.15, 0.2) is 0 Å². The number of hydrazone groups is 1. The smallest absolute Gasteiger partial charge is 0.262 e. The summed E-state index contributed by atoms with van der Waals surface area (Å²) < 4.78 is 5.96. The first-order chi connectivity index (χ1) is 16.3. The zero-order valence-corrected chi connectivity index (χ0v) is 20.0. The van der Waals surface area contributed by atoms with Crippen molar-refractivity contribution in [1.29, 1.82) is 0 Å². The van der Waals surface area contributed by atoms with Crippen LogP contribution in [-0.2, 0) is 11.4 Å². The van der Waals surface area contributed by atoms with E-state index in [4.69, 9.17) is 4.74 Å². The van der Waals surface area contributed by atoms with Crippen LogP contribution < -0.4 is 15.5 Å². The monoisotopic (exact) mass is 457 g/mol. The molecule has 0 saturated heterocycles. The quantitative estimate of drug-likeness (QED) is 0.358. The normalized spacial score (nSPS) is 11.9. The van der Waals surface area contributed by atoms with Gasteiger partial charge in [-0.3, -0.25) is 9.59 Å². The average molecular weight is 458 g/mol. The summed E-state index contributed by atoms with van der Waals surface area (Å²) in [5.74, 6) is -0.138. The number of carbonyl (C=O) groups excluding carboxylic acids is 2. The van der Waals surface area contributed by atoms with Gasteiger partial charge in [0.1, 0.15) is 18.4 Å². The molecule has 34 heavy (non-hydrogen) atoms. The van der Waals surface area contributed by atoms with Crippen molar-refractivity contribution in [2.45, 2.75) is 40.3 Å². The Morgan fingerprint density at radius 3 is 2.18 bits per heavy atom. The molecule has 0 saturated carbocycles. The molecule has 3 aromatic carbocycles. The molecule has 3 rings (SSSR count). The summed E-state index contributed by atoms with van der Waals surface area (Å²) in [6, 6.07) is 22.1. The fourth-order valence-corrected chi connectivity index (χ4v) is 3.26. The summed E-state index contributed by atoms with van der Waals surface area (Å²) in [7, 11) is 0. The number of ether oxygens (including phenoxy) is 1. The van der Waals surface area contributed by atoms with Crippen molar-refractivity contribution in [3.63, 3.8) is 0 Å². The third-order valence-electron chi connectivity index (χ3n) is 5.36. The zero-order chi connectivity index (χ0) is 24.5. The predicted octanol–water partition coefficient (Wildman–Crippen LogP) is 4.79. The number of nitrogens with zero attached hydrogens (tertiary/aromatic N) is 1. The molecule has 0 aliphatic rings. The second-order valence-electron chi connectivity index (χ2n) is 8.61. The van der Waals surface area contributed by atoms with Gasteiger partial charge in [-0.1, -0.05) is 73.5 Å². The van der Waals surface area contributed by atoms with Crippen LogP contribution in [0.1, 0.15) is 46.5 Å². The molecule has 6 nitrogen and oxygen atoms in total. The fourth-order valence-electron chi connectivity index (χ4n) is 3.26. The van der Waals surface area contributed by atoms with Crippen LogP contribution in [0, 0.1) is 19.8 Å². The standard InChI is InChI=1S/C28H31N3O3/c1-19(2)26(30-27(32)23-15-11-21(4)12-16-23)28(33)31-29-17-24-7-5-6-8-25(24)34-18-22-13-9-20(3)10-14-22/h5-17,19,26H,18H2,1-4H3,(H,30,32)(H,31,33)/b29-17-/t26-/m1/s1. The largest absolute Gasteiger partial charge is 0.488 e. The van der Waals surface area contributed by atoms with Gasteiger partial charge in [0.05, 0.1) is 6.21 Å². The maximum Gasteiger partial charge on any atom is 0.262 e. The lowest BCUT2D eigenvalue weighted by Gasteiger charge is -2.20. The molecule has 0 aliphatic heterocycles. The van der Waals surface area contributed by atoms with Crippen LogP contribution in [0.15, 0.2) is 77.9 Å². The van der Waals surface area contributed by atoms with E-state index in [9.17, 15) is 9.59 Å². The van der Waals surface area contributed by atoms with Crippen molar-refractivity contribution >= 4 is 18.0 Å². The number of aryl methyl sites for hydroxylation is 2. The molecular weight excluding hydrogens is 426 g/mol. The van der Waals surface area contributed by atoms with E-state index in [1.165, 1.54) is 5.56 Å². The first-order valence-electron chi connectivity index (χ1n) is 11.3. The van der Waals surface area contributed by atoms with Gasteiger partial charge in [-0.2, -0.15) is 5.10 Å². The molecule has 0 spiro atoms. The van der Waals surface area contributed by atoms with Crippen LogP contribution >= 0.6 is 0 Å².